The van der Waals surface area contributed by atoms with Gasteiger partial charge < -0.3 is 10.3 Å². The van der Waals surface area contributed by atoms with Gasteiger partial charge in [0.05, 0.1) is 18.3 Å². The summed E-state index contributed by atoms with van der Waals surface area (Å²) in [5.41, 5.74) is 6.69. The van der Waals surface area contributed by atoms with Gasteiger partial charge in [0.2, 0.25) is 0 Å². The normalized spacial score (nSPS) is 16.1. The third-order valence-corrected chi connectivity index (χ3v) is 4.87. The number of rotatable bonds is 5. The van der Waals surface area contributed by atoms with Crippen LogP contribution in [-0.4, -0.2) is 24.5 Å². The molecule has 3 rings (SSSR count). The molecule has 0 atom stereocenters. The summed E-state index contributed by atoms with van der Waals surface area (Å²) in [6.45, 7) is 0.417. The Balaban J connectivity index is 1.62. The highest BCUT2D eigenvalue weighted by Gasteiger charge is 2.17. The van der Waals surface area contributed by atoms with Crippen LogP contribution in [0.1, 0.15) is 43.2 Å². The Kier molecular flexibility index (Phi) is 4.07. The maximum atomic E-state index is 5.60. The van der Waals surface area contributed by atoms with E-state index >= 15 is 0 Å². The molecule has 108 valence electrons. The van der Waals surface area contributed by atoms with E-state index in [-0.39, 0.29) is 0 Å². The molecule has 0 aromatic carbocycles. The lowest BCUT2D eigenvalue weighted by Crippen LogP contribution is -2.06. The van der Waals surface area contributed by atoms with Crippen molar-refractivity contribution in [2.75, 3.05) is 0 Å². The van der Waals surface area contributed by atoms with Crippen LogP contribution in [0.4, 0.5) is 0 Å². The van der Waals surface area contributed by atoms with Gasteiger partial charge in [-0.25, -0.2) is 0 Å². The molecule has 1 aliphatic carbocycles. The van der Waals surface area contributed by atoms with E-state index in [4.69, 9.17) is 5.73 Å². The summed E-state index contributed by atoms with van der Waals surface area (Å²) >= 11 is 1.65. The topological polar surface area (TPSA) is 74.6 Å². The average molecular weight is 292 g/mol. The molecular formula is C13H20N6S. The van der Waals surface area contributed by atoms with Gasteiger partial charge in [0.15, 0.2) is 5.16 Å². The third kappa shape index (κ3) is 2.73. The molecule has 6 nitrogen and oxygen atoms in total. The molecule has 0 unspecified atom stereocenters. The van der Waals surface area contributed by atoms with Gasteiger partial charge in [-0.2, -0.15) is 5.10 Å². The lowest BCUT2D eigenvalue weighted by atomic mass is 10.3. The van der Waals surface area contributed by atoms with Gasteiger partial charge in [0, 0.05) is 19.0 Å². The van der Waals surface area contributed by atoms with Crippen LogP contribution >= 0.6 is 11.8 Å². The maximum absolute atomic E-state index is 5.60. The SMILES string of the molecule is Cn1c(CN)nnc1SCc1ccn(C2CCCC2)n1. The summed E-state index contributed by atoms with van der Waals surface area (Å²) in [7, 11) is 1.95. The van der Waals surface area contributed by atoms with Crippen molar-refractivity contribution in [3.8, 4) is 0 Å². The molecule has 2 aromatic heterocycles. The van der Waals surface area contributed by atoms with Crippen LogP contribution in [-0.2, 0) is 19.3 Å². The van der Waals surface area contributed by atoms with Crippen molar-refractivity contribution >= 4 is 11.8 Å². The first-order valence-electron chi connectivity index (χ1n) is 7.03. The van der Waals surface area contributed by atoms with Gasteiger partial charge in [0.25, 0.3) is 0 Å². The van der Waals surface area contributed by atoms with E-state index < -0.39 is 0 Å². The summed E-state index contributed by atoms with van der Waals surface area (Å²) in [6, 6.07) is 2.71. The van der Waals surface area contributed by atoms with Crippen LogP contribution in [0.15, 0.2) is 17.4 Å². The van der Waals surface area contributed by atoms with Gasteiger partial charge in [0.1, 0.15) is 5.82 Å². The summed E-state index contributed by atoms with van der Waals surface area (Å²) in [6.07, 6.45) is 7.29. The molecule has 0 radical (unpaired) electrons. The Bertz CT molecular complexity index is 569. The first kappa shape index (κ1) is 13.6. The molecule has 2 heterocycles. The first-order valence-corrected chi connectivity index (χ1v) is 8.01. The second kappa shape index (κ2) is 5.97. The molecule has 2 N–H and O–H groups in total. The quantitative estimate of drug-likeness (QED) is 0.852. The largest absolute Gasteiger partial charge is 0.324 e. The van der Waals surface area contributed by atoms with Crippen LogP contribution in [0, 0.1) is 0 Å². The van der Waals surface area contributed by atoms with Crippen molar-refractivity contribution in [1.82, 2.24) is 24.5 Å². The molecule has 1 saturated carbocycles. The van der Waals surface area contributed by atoms with Crippen molar-refractivity contribution in [2.24, 2.45) is 12.8 Å². The number of hydrogen-bond acceptors (Lipinski definition) is 5. The van der Waals surface area contributed by atoms with Crippen LogP contribution in [0.5, 0.6) is 0 Å². The zero-order valence-electron chi connectivity index (χ0n) is 11.7. The monoisotopic (exact) mass is 292 g/mol. The summed E-state index contributed by atoms with van der Waals surface area (Å²) in [4.78, 5) is 0. The highest BCUT2D eigenvalue weighted by molar-refractivity contribution is 7.98. The Morgan fingerprint density at radius 1 is 1.35 bits per heavy atom. The molecule has 0 saturated heterocycles. The van der Waals surface area contributed by atoms with Crippen molar-refractivity contribution in [1.29, 1.82) is 0 Å². The molecular weight excluding hydrogens is 272 g/mol. The highest BCUT2D eigenvalue weighted by Crippen LogP contribution is 2.29. The second-order valence-corrected chi connectivity index (χ2v) is 6.12. The van der Waals surface area contributed by atoms with Gasteiger partial charge in [-0.1, -0.05) is 24.6 Å². The molecule has 2 aromatic rings. The van der Waals surface area contributed by atoms with Gasteiger partial charge >= 0.3 is 0 Å². The number of nitrogens with two attached hydrogens (primary N) is 1. The Labute approximate surface area is 122 Å². The van der Waals surface area contributed by atoms with Gasteiger partial charge in [-0.05, 0) is 18.9 Å². The molecule has 0 amide bonds. The van der Waals surface area contributed by atoms with E-state index in [1.165, 1.54) is 25.7 Å². The smallest absolute Gasteiger partial charge is 0.191 e. The lowest BCUT2D eigenvalue weighted by Gasteiger charge is -2.08. The molecule has 0 bridgehead atoms. The van der Waals surface area contributed by atoms with Crippen LogP contribution in [0.25, 0.3) is 0 Å². The fraction of sp³-hybridized carbons (Fsp3) is 0.615. The predicted octanol–water partition coefficient (Wildman–Crippen LogP) is 1.88. The number of thioether (sulfide) groups is 1. The number of nitrogens with zero attached hydrogens (tertiary/aromatic N) is 5. The van der Waals surface area contributed by atoms with E-state index in [0.717, 1.165) is 22.4 Å². The lowest BCUT2D eigenvalue weighted by molar-refractivity contribution is 0.464. The number of hydrogen-bond donors (Lipinski definition) is 1. The van der Waals surface area contributed by atoms with Crippen molar-refractivity contribution in [2.45, 2.75) is 49.2 Å². The van der Waals surface area contributed by atoms with Gasteiger partial charge in [-0.3, -0.25) is 4.68 Å². The maximum Gasteiger partial charge on any atom is 0.191 e. The summed E-state index contributed by atoms with van der Waals surface area (Å²) in [5, 5.41) is 13.8. The Morgan fingerprint density at radius 2 is 2.15 bits per heavy atom. The van der Waals surface area contributed by atoms with Gasteiger partial charge in [-0.15, -0.1) is 10.2 Å². The zero-order chi connectivity index (χ0) is 13.9. The van der Waals surface area contributed by atoms with Crippen LogP contribution in [0.2, 0.25) is 0 Å². The molecule has 0 spiro atoms. The molecule has 1 fully saturated rings. The van der Waals surface area contributed by atoms with E-state index in [1.807, 2.05) is 11.6 Å². The fourth-order valence-corrected chi connectivity index (χ4v) is 3.44. The molecule has 0 aliphatic heterocycles. The Hall–Kier alpha value is -1.34. The molecule has 7 heteroatoms. The first-order chi connectivity index (χ1) is 9.78. The highest BCUT2D eigenvalue weighted by atomic mass is 32.2. The van der Waals surface area contributed by atoms with Crippen molar-refractivity contribution < 1.29 is 0 Å². The number of aromatic nitrogens is 5. The minimum absolute atomic E-state index is 0.417. The van der Waals surface area contributed by atoms with Crippen molar-refractivity contribution in [3.05, 3.63) is 23.8 Å². The second-order valence-electron chi connectivity index (χ2n) is 5.18. The standard InChI is InChI=1S/C13H20N6S/c1-18-12(8-14)15-16-13(18)20-9-10-6-7-19(17-10)11-4-2-3-5-11/h6-7,11H,2-5,8-9,14H2,1H3. The zero-order valence-corrected chi connectivity index (χ0v) is 12.5. The van der Waals surface area contributed by atoms with Crippen molar-refractivity contribution in [3.63, 3.8) is 0 Å². The third-order valence-electron chi connectivity index (χ3n) is 3.82. The molecule has 1 aliphatic rings. The summed E-state index contributed by atoms with van der Waals surface area (Å²) < 4.78 is 4.07. The van der Waals surface area contributed by atoms with Crippen LogP contribution in [0.3, 0.4) is 0 Å². The van der Waals surface area contributed by atoms with E-state index in [0.29, 0.717) is 12.6 Å². The van der Waals surface area contributed by atoms with Crippen LogP contribution < -0.4 is 5.73 Å². The summed E-state index contributed by atoms with van der Waals surface area (Å²) in [5.74, 6) is 1.62. The van der Waals surface area contributed by atoms with E-state index in [9.17, 15) is 0 Å². The molecule has 20 heavy (non-hydrogen) atoms. The Morgan fingerprint density at radius 3 is 2.85 bits per heavy atom. The average Bonchev–Trinajstić information content (AvgIpc) is 3.17. The fourth-order valence-electron chi connectivity index (χ4n) is 2.61. The van der Waals surface area contributed by atoms with E-state index in [2.05, 4.69) is 32.2 Å². The van der Waals surface area contributed by atoms with E-state index in [1.54, 1.807) is 11.8 Å². The minimum atomic E-state index is 0.417. The minimum Gasteiger partial charge on any atom is -0.324 e. The predicted molar refractivity (Wildman–Crippen MR) is 78.2 cm³/mol.